The fourth-order valence-corrected chi connectivity index (χ4v) is 1.48. The Morgan fingerprint density at radius 1 is 1.33 bits per heavy atom. The number of hydrogen-bond acceptors (Lipinski definition) is 6. The lowest BCUT2D eigenvalue weighted by Gasteiger charge is -2.07. The molecule has 2 rings (SSSR count). The van der Waals surface area contributed by atoms with Gasteiger partial charge in [-0.2, -0.15) is 9.36 Å². The highest BCUT2D eigenvalue weighted by atomic mass is 32.1. The molecular formula is C9H9N3O2S. The van der Waals surface area contributed by atoms with Crippen molar-refractivity contribution in [1.29, 1.82) is 0 Å². The summed E-state index contributed by atoms with van der Waals surface area (Å²) in [5, 5.41) is 0.470. The van der Waals surface area contributed by atoms with E-state index in [-0.39, 0.29) is 0 Å². The van der Waals surface area contributed by atoms with Gasteiger partial charge in [0, 0.05) is 23.3 Å². The van der Waals surface area contributed by atoms with Crippen molar-refractivity contribution in [3.05, 3.63) is 24.5 Å². The van der Waals surface area contributed by atoms with Crippen LogP contribution in [0.15, 0.2) is 24.5 Å². The van der Waals surface area contributed by atoms with E-state index in [9.17, 15) is 0 Å². The summed E-state index contributed by atoms with van der Waals surface area (Å²) < 4.78 is 14.4. The molecule has 78 valence electrons. The van der Waals surface area contributed by atoms with Crippen LogP contribution < -0.4 is 15.2 Å². The molecule has 0 saturated heterocycles. The Labute approximate surface area is 90.6 Å². The summed E-state index contributed by atoms with van der Waals surface area (Å²) in [5.74, 6) is 1.15. The largest absolute Gasteiger partial charge is 0.493 e. The molecule has 0 aliphatic rings. The van der Waals surface area contributed by atoms with E-state index >= 15 is 0 Å². The third-order valence-corrected chi connectivity index (χ3v) is 2.27. The lowest BCUT2D eigenvalue weighted by atomic mass is 10.3. The fourth-order valence-electron chi connectivity index (χ4n) is 1.07. The molecule has 1 aromatic heterocycles. The SMILES string of the molecule is COc1cc(N)ccc1Oc1ncns1. The minimum Gasteiger partial charge on any atom is -0.493 e. The van der Waals surface area contributed by atoms with Gasteiger partial charge in [-0.15, -0.1) is 0 Å². The number of rotatable bonds is 3. The van der Waals surface area contributed by atoms with Crippen molar-refractivity contribution in [1.82, 2.24) is 9.36 Å². The number of anilines is 1. The zero-order valence-corrected chi connectivity index (χ0v) is 8.82. The summed E-state index contributed by atoms with van der Waals surface area (Å²) in [6.07, 6.45) is 1.43. The molecular weight excluding hydrogens is 214 g/mol. The Hall–Kier alpha value is -1.82. The topological polar surface area (TPSA) is 70.3 Å². The number of nitrogens with two attached hydrogens (primary N) is 1. The van der Waals surface area contributed by atoms with E-state index in [0.717, 1.165) is 0 Å². The Balaban J connectivity index is 2.28. The van der Waals surface area contributed by atoms with E-state index in [4.69, 9.17) is 15.2 Å². The zero-order valence-electron chi connectivity index (χ0n) is 8.01. The van der Waals surface area contributed by atoms with Crippen LogP contribution in [0.25, 0.3) is 0 Å². The predicted molar refractivity (Wildman–Crippen MR) is 57.4 cm³/mol. The molecule has 1 aromatic carbocycles. The van der Waals surface area contributed by atoms with E-state index < -0.39 is 0 Å². The van der Waals surface area contributed by atoms with Crippen molar-refractivity contribution in [2.24, 2.45) is 0 Å². The van der Waals surface area contributed by atoms with Gasteiger partial charge >= 0.3 is 0 Å². The Bertz CT molecular complexity index is 445. The maximum atomic E-state index is 5.62. The minimum absolute atomic E-state index is 0.470. The minimum atomic E-state index is 0.470. The second-order valence-electron chi connectivity index (χ2n) is 2.72. The van der Waals surface area contributed by atoms with Gasteiger partial charge in [0.2, 0.25) is 0 Å². The van der Waals surface area contributed by atoms with E-state index in [0.29, 0.717) is 22.4 Å². The van der Waals surface area contributed by atoms with Crippen LogP contribution in [0.5, 0.6) is 16.7 Å². The molecule has 0 atom stereocenters. The zero-order chi connectivity index (χ0) is 10.7. The molecule has 1 heterocycles. The average Bonchev–Trinajstić information content (AvgIpc) is 2.73. The number of aromatic nitrogens is 2. The number of ether oxygens (including phenoxy) is 2. The van der Waals surface area contributed by atoms with Gasteiger partial charge in [-0.1, -0.05) is 0 Å². The molecule has 15 heavy (non-hydrogen) atoms. The average molecular weight is 223 g/mol. The quantitative estimate of drug-likeness (QED) is 0.805. The van der Waals surface area contributed by atoms with Crippen molar-refractivity contribution < 1.29 is 9.47 Å². The lowest BCUT2D eigenvalue weighted by molar-refractivity contribution is 0.378. The molecule has 0 bridgehead atoms. The molecule has 0 saturated carbocycles. The molecule has 0 fully saturated rings. The van der Waals surface area contributed by atoms with Crippen molar-refractivity contribution in [3.8, 4) is 16.7 Å². The van der Waals surface area contributed by atoms with Crippen LogP contribution >= 0.6 is 11.5 Å². The Kier molecular flexibility index (Phi) is 2.68. The first-order valence-corrected chi connectivity index (χ1v) is 4.95. The van der Waals surface area contributed by atoms with Crippen LogP contribution in [-0.4, -0.2) is 16.5 Å². The third kappa shape index (κ3) is 2.16. The molecule has 0 amide bonds. The molecule has 0 aliphatic heterocycles. The molecule has 0 aliphatic carbocycles. The lowest BCUT2D eigenvalue weighted by Crippen LogP contribution is -1.92. The summed E-state index contributed by atoms with van der Waals surface area (Å²) in [5.41, 5.74) is 6.24. The maximum Gasteiger partial charge on any atom is 0.298 e. The van der Waals surface area contributed by atoms with Gasteiger partial charge in [0.05, 0.1) is 7.11 Å². The highest BCUT2D eigenvalue weighted by Gasteiger charge is 2.07. The van der Waals surface area contributed by atoms with Crippen molar-refractivity contribution in [3.63, 3.8) is 0 Å². The van der Waals surface area contributed by atoms with Gasteiger partial charge in [0.1, 0.15) is 6.33 Å². The van der Waals surface area contributed by atoms with Crippen LogP contribution in [0, 0.1) is 0 Å². The van der Waals surface area contributed by atoms with E-state index in [1.54, 1.807) is 25.3 Å². The first-order valence-electron chi connectivity index (χ1n) is 4.17. The van der Waals surface area contributed by atoms with Gasteiger partial charge in [0.25, 0.3) is 5.19 Å². The van der Waals surface area contributed by atoms with Crippen LogP contribution in [0.2, 0.25) is 0 Å². The van der Waals surface area contributed by atoms with E-state index in [1.165, 1.54) is 17.9 Å². The summed E-state index contributed by atoms with van der Waals surface area (Å²) in [6, 6.07) is 5.16. The van der Waals surface area contributed by atoms with Gasteiger partial charge < -0.3 is 15.2 Å². The normalized spacial score (nSPS) is 9.93. The Morgan fingerprint density at radius 2 is 2.20 bits per heavy atom. The first-order chi connectivity index (χ1) is 7.29. The molecule has 2 aromatic rings. The van der Waals surface area contributed by atoms with Crippen LogP contribution in [0.1, 0.15) is 0 Å². The molecule has 2 N–H and O–H groups in total. The molecule has 0 unspecified atom stereocenters. The highest BCUT2D eigenvalue weighted by molar-refractivity contribution is 7.07. The number of nitrogens with zero attached hydrogens (tertiary/aromatic N) is 2. The summed E-state index contributed by atoms with van der Waals surface area (Å²) in [7, 11) is 1.56. The van der Waals surface area contributed by atoms with Crippen LogP contribution in [-0.2, 0) is 0 Å². The smallest absolute Gasteiger partial charge is 0.298 e. The number of hydrogen-bond donors (Lipinski definition) is 1. The van der Waals surface area contributed by atoms with Gasteiger partial charge in [0.15, 0.2) is 11.5 Å². The molecule has 0 radical (unpaired) electrons. The second-order valence-corrected chi connectivity index (χ2v) is 3.46. The molecule has 6 heteroatoms. The maximum absolute atomic E-state index is 5.62. The van der Waals surface area contributed by atoms with Crippen molar-refractivity contribution >= 4 is 17.2 Å². The van der Waals surface area contributed by atoms with Gasteiger partial charge in [-0.25, -0.2) is 0 Å². The van der Waals surface area contributed by atoms with Gasteiger partial charge in [-0.05, 0) is 12.1 Å². The van der Waals surface area contributed by atoms with Gasteiger partial charge in [-0.3, -0.25) is 0 Å². The number of benzene rings is 1. The molecule has 0 spiro atoms. The fraction of sp³-hybridized carbons (Fsp3) is 0.111. The van der Waals surface area contributed by atoms with E-state index in [1.807, 2.05) is 0 Å². The highest BCUT2D eigenvalue weighted by Crippen LogP contribution is 2.33. The summed E-state index contributed by atoms with van der Waals surface area (Å²) in [6.45, 7) is 0. The van der Waals surface area contributed by atoms with Crippen molar-refractivity contribution in [2.45, 2.75) is 0 Å². The first kappa shape index (κ1) is 9.72. The van der Waals surface area contributed by atoms with Crippen LogP contribution in [0.3, 0.4) is 0 Å². The van der Waals surface area contributed by atoms with E-state index in [2.05, 4.69) is 9.36 Å². The predicted octanol–water partition coefficient (Wildman–Crippen LogP) is 1.92. The number of methoxy groups -OCH3 is 1. The second kappa shape index (κ2) is 4.14. The monoisotopic (exact) mass is 223 g/mol. The Morgan fingerprint density at radius 3 is 2.87 bits per heavy atom. The van der Waals surface area contributed by atoms with Crippen LogP contribution in [0.4, 0.5) is 5.69 Å². The third-order valence-electron chi connectivity index (χ3n) is 1.73. The van der Waals surface area contributed by atoms with Crippen molar-refractivity contribution in [2.75, 3.05) is 12.8 Å². The molecule has 5 nitrogen and oxygen atoms in total. The number of nitrogen functional groups attached to an aromatic ring is 1. The standard InChI is InChI=1S/C9H9N3O2S/c1-13-8-4-6(10)2-3-7(8)14-9-11-5-12-15-9/h2-5H,10H2,1H3. The summed E-state index contributed by atoms with van der Waals surface area (Å²) in [4.78, 5) is 3.91. The summed E-state index contributed by atoms with van der Waals surface area (Å²) >= 11 is 1.17.